The first-order valence-electron chi connectivity index (χ1n) is 5.19. The van der Waals surface area contributed by atoms with Crippen molar-refractivity contribution in [3.05, 3.63) is 18.5 Å². The molecule has 5 heteroatoms. The van der Waals surface area contributed by atoms with Gasteiger partial charge in [-0.2, -0.15) is 5.10 Å². The van der Waals surface area contributed by atoms with E-state index in [-0.39, 0.29) is 5.91 Å². The molecule has 1 aliphatic heterocycles. The van der Waals surface area contributed by atoms with Crippen LogP contribution in [0.1, 0.15) is 0 Å². The molecule has 2 rings (SSSR count). The Hall–Kier alpha value is -1.36. The molecule has 2 heterocycles. The highest BCUT2D eigenvalue weighted by Gasteiger charge is 2.18. The Morgan fingerprint density at radius 1 is 1.33 bits per heavy atom. The topological polar surface area (TPSA) is 41.4 Å². The molecular formula is C10H16N4O. The molecule has 1 amide bonds. The van der Waals surface area contributed by atoms with Crippen LogP contribution in [-0.4, -0.2) is 58.7 Å². The lowest BCUT2D eigenvalue weighted by atomic mass is 10.3. The summed E-state index contributed by atoms with van der Waals surface area (Å²) >= 11 is 0. The van der Waals surface area contributed by atoms with Crippen LogP contribution in [0.15, 0.2) is 18.5 Å². The van der Waals surface area contributed by atoms with Crippen molar-refractivity contribution in [3.8, 4) is 0 Å². The molecule has 0 radical (unpaired) electrons. The average Bonchev–Trinajstić information content (AvgIpc) is 2.71. The van der Waals surface area contributed by atoms with Gasteiger partial charge in [-0.25, -0.2) is 0 Å². The van der Waals surface area contributed by atoms with Gasteiger partial charge in [-0.05, 0) is 13.1 Å². The third-order valence-corrected chi connectivity index (χ3v) is 2.71. The molecule has 1 aromatic heterocycles. The summed E-state index contributed by atoms with van der Waals surface area (Å²) in [4.78, 5) is 16.0. The van der Waals surface area contributed by atoms with E-state index in [1.165, 1.54) is 0 Å². The van der Waals surface area contributed by atoms with Crippen LogP contribution in [0.5, 0.6) is 0 Å². The normalized spacial score (nSPS) is 18.1. The van der Waals surface area contributed by atoms with Crippen molar-refractivity contribution in [1.29, 1.82) is 0 Å². The van der Waals surface area contributed by atoms with Gasteiger partial charge in [-0.15, -0.1) is 0 Å². The predicted molar refractivity (Wildman–Crippen MR) is 56.3 cm³/mol. The zero-order valence-corrected chi connectivity index (χ0v) is 8.96. The molecule has 15 heavy (non-hydrogen) atoms. The number of carbonyl (C=O) groups is 1. The first-order valence-corrected chi connectivity index (χ1v) is 5.19. The molecule has 0 unspecified atom stereocenters. The van der Waals surface area contributed by atoms with Crippen molar-refractivity contribution in [3.63, 3.8) is 0 Å². The third-order valence-electron chi connectivity index (χ3n) is 2.71. The molecule has 5 nitrogen and oxygen atoms in total. The molecule has 82 valence electrons. The minimum absolute atomic E-state index is 0.159. The zero-order valence-electron chi connectivity index (χ0n) is 8.96. The molecule has 0 spiro atoms. The average molecular weight is 208 g/mol. The second-order valence-corrected chi connectivity index (χ2v) is 3.89. The fraction of sp³-hybridized carbons (Fsp3) is 0.600. The summed E-state index contributed by atoms with van der Waals surface area (Å²) in [6.07, 6.45) is 3.51. The summed E-state index contributed by atoms with van der Waals surface area (Å²) in [5, 5.41) is 4.02. The van der Waals surface area contributed by atoms with Crippen molar-refractivity contribution in [2.24, 2.45) is 0 Å². The van der Waals surface area contributed by atoms with Gasteiger partial charge < -0.3 is 9.80 Å². The Labute approximate surface area is 89.3 Å². The lowest BCUT2D eigenvalue weighted by Crippen LogP contribution is -2.48. The lowest BCUT2D eigenvalue weighted by molar-refractivity contribution is -0.133. The maximum atomic E-state index is 11.8. The number of rotatable bonds is 2. The lowest BCUT2D eigenvalue weighted by Gasteiger charge is -2.32. The van der Waals surface area contributed by atoms with Gasteiger partial charge in [0.2, 0.25) is 5.91 Å². The number of piperazine rings is 1. The fourth-order valence-electron chi connectivity index (χ4n) is 1.69. The van der Waals surface area contributed by atoms with E-state index in [2.05, 4.69) is 17.0 Å². The Morgan fingerprint density at radius 3 is 2.67 bits per heavy atom. The first kappa shape index (κ1) is 10.2. The molecule has 0 saturated carbocycles. The summed E-state index contributed by atoms with van der Waals surface area (Å²) < 4.78 is 1.67. The number of hydrogen-bond acceptors (Lipinski definition) is 3. The Bertz CT molecular complexity index is 314. The van der Waals surface area contributed by atoms with E-state index in [4.69, 9.17) is 0 Å². The number of likely N-dealkylation sites (N-methyl/N-ethyl adjacent to an activating group) is 1. The summed E-state index contributed by atoms with van der Waals surface area (Å²) in [6.45, 7) is 3.94. The van der Waals surface area contributed by atoms with E-state index >= 15 is 0 Å². The molecule has 0 N–H and O–H groups in total. The predicted octanol–water partition coefficient (Wildman–Crippen LogP) is -0.343. The van der Waals surface area contributed by atoms with Gasteiger partial charge in [-0.1, -0.05) is 0 Å². The Morgan fingerprint density at radius 2 is 2.07 bits per heavy atom. The van der Waals surface area contributed by atoms with Crippen LogP contribution in [0.25, 0.3) is 0 Å². The number of aromatic nitrogens is 2. The van der Waals surface area contributed by atoms with Crippen LogP contribution in [0.2, 0.25) is 0 Å². The van der Waals surface area contributed by atoms with Crippen molar-refractivity contribution in [2.75, 3.05) is 33.2 Å². The van der Waals surface area contributed by atoms with Gasteiger partial charge in [0.15, 0.2) is 0 Å². The highest BCUT2D eigenvalue weighted by Crippen LogP contribution is 2.00. The molecule has 1 saturated heterocycles. The quantitative estimate of drug-likeness (QED) is 0.667. The van der Waals surface area contributed by atoms with Crippen LogP contribution < -0.4 is 0 Å². The molecular weight excluding hydrogens is 192 g/mol. The molecule has 0 aromatic carbocycles. The van der Waals surface area contributed by atoms with Crippen molar-refractivity contribution < 1.29 is 4.79 Å². The Balaban J connectivity index is 1.86. The number of nitrogens with zero attached hydrogens (tertiary/aromatic N) is 4. The second-order valence-electron chi connectivity index (χ2n) is 3.89. The first-order chi connectivity index (χ1) is 7.25. The van der Waals surface area contributed by atoms with Crippen molar-refractivity contribution in [1.82, 2.24) is 19.6 Å². The van der Waals surface area contributed by atoms with Crippen LogP contribution in [0.3, 0.4) is 0 Å². The third kappa shape index (κ3) is 2.56. The van der Waals surface area contributed by atoms with Crippen molar-refractivity contribution in [2.45, 2.75) is 6.54 Å². The fourth-order valence-corrected chi connectivity index (χ4v) is 1.69. The van der Waals surface area contributed by atoms with Crippen LogP contribution in [0, 0.1) is 0 Å². The molecule has 0 atom stereocenters. The minimum atomic E-state index is 0.159. The van der Waals surface area contributed by atoms with Gasteiger partial charge in [-0.3, -0.25) is 9.48 Å². The van der Waals surface area contributed by atoms with Gasteiger partial charge in [0, 0.05) is 38.6 Å². The number of carbonyl (C=O) groups excluding carboxylic acids is 1. The van der Waals surface area contributed by atoms with E-state index < -0.39 is 0 Å². The van der Waals surface area contributed by atoms with E-state index in [1.54, 1.807) is 10.9 Å². The number of amides is 1. The molecule has 0 aliphatic carbocycles. The summed E-state index contributed by atoms with van der Waals surface area (Å²) in [7, 11) is 2.08. The SMILES string of the molecule is CN1CCN(C(=O)Cn2cccn2)CC1. The minimum Gasteiger partial charge on any atom is -0.339 e. The molecule has 1 aliphatic rings. The maximum absolute atomic E-state index is 11.8. The highest BCUT2D eigenvalue weighted by atomic mass is 16.2. The van der Waals surface area contributed by atoms with Gasteiger partial charge in [0.25, 0.3) is 0 Å². The summed E-state index contributed by atoms with van der Waals surface area (Å²) in [5.41, 5.74) is 0. The van der Waals surface area contributed by atoms with E-state index in [9.17, 15) is 4.79 Å². The maximum Gasteiger partial charge on any atom is 0.244 e. The van der Waals surface area contributed by atoms with Gasteiger partial charge >= 0.3 is 0 Å². The number of hydrogen-bond donors (Lipinski definition) is 0. The summed E-state index contributed by atoms with van der Waals surface area (Å²) in [5.74, 6) is 0.159. The van der Waals surface area contributed by atoms with Gasteiger partial charge in [0.05, 0.1) is 0 Å². The molecule has 1 aromatic rings. The van der Waals surface area contributed by atoms with E-state index in [0.717, 1.165) is 26.2 Å². The molecule has 0 bridgehead atoms. The van der Waals surface area contributed by atoms with Crippen LogP contribution in [0.4, 0.5) is 0 Å². The largest absolute Gasteiger partial charge is 0.339 e. The van der Waals surface area contributed by atoms with Crippen LogP contribution in [-0.2, 0) is 11.3 Å². The van der Waals surface area contributed by atoms with E-state index in [0.29, 0.717) is 6.54 Å². The van der Waals surface area contributed by atoms with E-state index in [1.807, 2.05) is 17.2 Å². The smallest absolute Gasteiger partial charge is 0.244 e. The highest BCUT2D eigenvalue weighted by molar-refractivity contribution is 5.76. The van der Waals surface area contributed by atoms with Gasteiger partial charge in [0.1, 0.15) is 6.54 Å². The Kier molecular flexibility index (Phi) is 3.01. The second kappa shape index (κ2) is 4.44. The van der Waals surface area contributed by atoms with Crippen molar-refractivity contribution >= 4 is 5.91 Å². The molecule has 1 fully saturated rings. The zero-order chi connectivity index (χ0) is 10.7. The summed E-state index contributed by atoms with van der Waals surface area (Å²) in [6, 6.07) is 1.83. The standard InChI is InChI=1S/C10H16N4O/c1-12-5-7-13(8-6-12)10(15)9-14-4-2-3-11-14/h2-4H,5-9H2,1H3. The van der Waals surface area contributed by atoms with Crippen LogP contribution >= 0.6 is 0 Å². The monoisotopic (exact) mass is 208 g/mol.